The summed E-state index contributed by atoms with van der Waals surface area (Å²) in [5, 5.41) is 0.797. The van der Waals surface area contributed by atoms with Crippen LogP contribution in [0.15, 0.2) is 10.5 Å². The van der Waals surface area contributed by atoms with E-state index >= 15 is 0 Å². The van der Waals surface area contributed by atoms with Crippen molar-refractivity contribution in [2.24, 2.45) is 0 Å². The molecule has 84 valence electrons. The molecule has 1 aromatic carbocycles. The van der Waals surface area contributed by atoms with Gasteiger partial charge in [0.2, 0.25) is 0 Å². The Hall–Kier alpha value is 0.377. The Balaban J connectivity index is 3.55. The largest absolute Gasteiger partial charge is 0.496 e. The number of benzene rings is 1. The maximum Gasteiger partial charge on any atom is 0.137 e. The van der Waals surface area contributed by atoms with Gasteiger partial charge in [-0.3, -0.25) is 0 Å². The van der Waals surface area contributed by atoms with Crippen molar-refractivity contribution in [3.8, 4) is 5.75 Å². The second-order valence-corrected chi connectivity index (χ2v) is 11.3. The van der Waals surface area contributed by atoms with E-state index < -0.39 is 8.07 Å². The van der Waals surface area contributed by atoms with Crippen molar-refractivity contribution in [2.45, 2.75) is 19.6 Å². The maximum absolute atomic E-state index is 14.0. The molecule has 0 radical (unpaired) electrons. The molecule has 0 aliphatic carbocycles. The summed E-state index contributed by atoms with van der Waals surface area (Å²) in [5.74, 6) is 0.598. The molecule has 15 heavy (non-hydrogen) atoms. The highest BCUT2D eigenvalue weighted by Gasteiger charge is 2.27. The topological polar surface area (TPSA) is 9.23 Å². The summed E-state index contributed by atoms with van der Waals surface area (Å²) in [4.78, 5) is 0. The molecule has 0 N–H and O–H groups in total. The molecule has 1 nitrogen and oxygen atoms in total. The SMILES string of the molecule is COc1cc(I)c(F)c([Si](C)(C)C)c1Br. The van der Waals surface area contributed by atoms with Gasteiger partial charge < -0.3 is 4.74 Å². The lowest BCUT2D eigenvalue weighted by Crippen LogP contribution is -2.41. The molecule has 5 heteroatoms. The predicted molar refractivity (Wildman–Crippen MR) is 76.3 cm³/mol. The lowest BCUT2D eigenvalue weighted by Gasteiger charge is -2.21. The van der Waals surface area contributed by atoms with E-state index in [-0.39, 0.29) is 5.82 Å². The number of hydrogen-bond donors (Lipinski definition) is 0. The van der Waals surface area contributed by atoms with Gasteiger partial charge in [0.15, 0.2) is 0 Å². The third-order valence-electron chi connectivity index (χ3n) is 2.09. The lowest BCUT2D eigenvalue weighted by atomic mass is 10.3. The van der Waals surface area contributed by atoms with Gasteiger partial charge >= 0.3 is 0 Å². The van der Waals surface area contributed by atoms with Gasteiger partial charge in [-0.1, -0.05) is 19.6 Å². The van der Waals surface area contributed by atoms with Crippen LogP contribution in [0.25, 0.3) is 0 Å². The number of halogens is 3. The average molecular weight is 403 g/mol. The summed E-state index contributed by atoms with van der Waals surface area (Å²) >= 11 is 5.43. The van der Waals surface area contributed by atoms with Crippen molar-refractivity contribution >= 4 is 51.8 Å². The summed E-state index contributed by atoms with van der Waals surface area (Å²) in [7, 11) is -0.109. The quantitative estimate of drug-likeness (QED) is 0.416. The van der Waals surface area contributed by atoms with E-state index in [1.165, 1.54) is 0 Å². The van der Waals surface area contributed by atoms with E-state index in [2.05, 4.69) is 35.6 Å². The van der Waals surface area contributed by atoms with Crippen LogP contribution >= 0.6 is 38.5 Å². The summed E-state index contributed by atoms with van der Waals surface area (Å²) in [6.45, 7) is 6.35. The van der Waals surface area contributed by atoms with E-state index in [0.717, 1.165) is 9.66 Å². The summed E-state index contributed by atoms with van der Waals surface area (Å²) < 4.78 is 20.6. The van der Waals surface area contributed by atoms with Crippen molar-refractivity contribution in [2.75, 3.05) is 7.11 Å². The summed E-state index contributed by atoms with van der Waals surface area (Å²) in [5.41, 5.74) is 0. The molecular formula is C10H13BrFIOSi. The first-order chi connectivity index (χ1) is 6.79. The Bertz CT molecular complexity index is 390. The molecule has 0 heterocycles. The molecule has 0 fully saturated rings. The Kier molecular flexibility index (Phi) is 4.22. The van der Waals surface area contributed by atoms with Crippen molar-refractivity contribution in [3.05, 3.63) is 19.9 Å². The first-order valence-electron chi connectivity index (χ1n) is 4.51. The molecular weight excluding hydrogens is 390 g/mol. The normalized spacial score (nSPS) is 11.7. The van der Waals surface area contributed by atoms with Gasteiger partial charge in [0.1, 0.15) is 11.6 Å². The fourth-order valence-corrected chi connectivity index (χ4v) is 6.00. The molecule has 0 saturated heterocycles. The fourth-order valence-electron chi connectivity index (χ4n) is 1.39. The van der Waals surface area contributed by atoms with Crippen LogP contribution in [0.3, 0.4) is 0 Å². The van der Waals surface area contributed by atoms with Crippen LogP contribution in [-0.2, 0) is 0 Å². The van der Waals surface area contributed by atoms with Crippen molar-refractivity contribution in [3.63, 3.8) is 0 Å². The Morgan fingerprint density at radius 2 is 1.93 bits per heavy atom. The monoisotopic (exact) mass is 402 g/mol. The zero-order valence-corrected chi connectivity index (χ0v) is 13.9. The lowest BCUT2D eigenvalue weighted by molar-refractivity contribution is 0.411. The van der Waals surface area contributed by atoms with Gasteiger partial charge in [0.05, 0.1) is 23.2 Å². The second kappa shape index (κ2) is 4.71. The Morgan fingerprint density at radius 3 is 2.33 bits per heavy atom. The van der Waals surface area contributed by atoms with Crippen LogP contribution in [0.2, 0.25) is 19.6 Å². The molecule has 1 aromatic rings. The number of ether oxygens (including phenoxy) is 1. The maximum atomic E-state index is 14.0. The molecule has 0 spiro atoms. The standard InChI is InChI=1S/C10H13BrFIOSi/c1-14-7-5-6(13)9(12)10(8(7)11)15(2,3)4/h5H,1-4H3. The smallest absolute Gasteiger partial charge is 0.137 e. The minimum Gasteiger partial charge on any atom is -0.496 e. The van der Waals surface area contributed by atoms with Crippen LogP contribution in [0.1, 0.15) is 0 Å². The van der Waals surface area contributed by atoms with Gasteiger partial charge in [-0.15, -0.1) is 0 Å². The van der Waals surface area contributed by atoms with Gasteiger partial charge in [-0.05, 0) is 49.8 Å². The van der Waals surface area contributed by atoms with Crippen molar-refractivity contribution in [1.82, 2.24) is 0 Å². The van der Waals surface area contributed by atoms with Gasteiger partial charge in [0.25, 0.3) is 0 Å². The van der Waals surface area contributed by atoms with Crippen molar-refractivity contribution < 1.29 is 9.13 Å². The third kappa shape index (κ3) is 2.74. The summed E-state index contributed by atoms with van der Waals surface area (Å²) in [6, 6.07) is 1.71. The number of methoxy groups -OCH3 is 1. The third-order valence-corrected chi connectivity index (χ3v) is 6.00. The van der Waals surface area contributed by atoms with E-state index in [1.54, 1.807) is 13.2 Å². The zero-order valence-electron chi connectivity index (χ0n) is 9.12. The molecule has 0 bridgehead atoms. The molecule has 0 aromatic heterocycles. The molecule has 0 amide bonds. The highest BCUT2D eigenvalue weighted by Crippen LogP contribution is 2.29. The zero-order chi connectivity index (χ0) is 11.8. The molecule has 0 unspecified atom stereocenters. The van der Waals surface area contributed by atoms with Crippen LogP contribution in [-0.4, -0.2) is 15.2 Å². The average Bonchev–Trinajstić information content (AvgIpc) is 2.09. The minimum atomic E-state index is -1.71. The highest BCUT2D eigenvalue weighted by atomic mass is 127. The molecule has 0 atom stereocenters. The summed E-state index contributed by atoms with van der Waals surface area (Å²) in [6.07, 6.45) is 0. The Labute approximate surface area is 113 Å². The molecule has 1 rings (SSSR count). The van der Waals surface area contributed by atoms with E-state index in [1.807, 2.05) is 22.6 Å². The van der Waals surface area contributed by atoms with Crippen molar-refractivity contribution in [1.29, 1.82) is 0 Å². The minimum absolute atomic E-state index is 0.109. The first kappa shape index (κ1) is 13.4. The van der Waals surface area contributed by atoms with Crippen LogP contribution < -0.4 is 9.92 Å². The van der Waals surface area contributed by atoms with Gasteiger partial charge in [-0.2, -0.15) is 0 Å². The predicted octanol–water partition coefficient (Wildman–Crippen LogP) is 3.75. The number of hydrogen-bond acceptors (Lipinski definition) is 1. The fraction of sp³-hybridized carbons (Fsp3) is 0.400. The van der Waals surface area contributed by atoms with Crippen LogP contribution in [0.4, 0.5) is 4.39 Å². The second-order valence-electron chi connectivity index (χ2n) is 4.31. The van der Waals surface area contributed by atoms with E-state index in [0.29, 0.717) is 9.32 Å². The number of rotatable bonds is 2. The van der Waals surface area contributed by atoms with Crippen LogP contribution in [0.5, 0.6) is 5.75 Å². The van der Waals surface area contributed by atoms with Gasteiger partial charge in [0, 0.05) is 0 Å². The Morgan fingerprint density at radius 1 is 1.40 bits per heavy atom. The first-order valence-corrected chi connectivity index (χ1v) is 9.88. The van der Waals surface area contributed by atoms with E-state index in [9.17, 15) is 4.39 Å². The molecule has 0 aliphatic heterocycles. The van der Waals surface area contributed by atoms with Crippen LogP contribution in [0, 0.1) is 9.39 Å². The molecule has 0 saturated carbocycles. The molecule has 0 aliphatic rings. The van der Waals surface area contributed by atoms with Gasteiger partial charge in [-0.25, -0.2) is 4.39 Å². The highest BCUT2D eigenvalue weighted by molar-refractivity contribution is 14.1. The van der Waals surface area contributed by atoms with E-state index in [4.69, 9.17) is 4.74 Å².